The Labute approximate surface area is 100 Å². The maximum Gasteiger partial charge on any atom is 0.254 e. The molecule has 1 N–H and O–H groups in total. The number of hydroxylamine groups is 1. The van der Waals surface area contributed by atoms with Gasteiger partial charge in [-0.2, -0.15) is 0 Å². The third-order valence-corrected chi connectivity index (χ3v) is 2.02. The van der Waals surface area contributed by atoms with Crippen LogP contribution in [0.5, 0.6) is 0 Å². The molecule has 0 fully saturated rings. The first-order chi connectivity index (χ1) is 8.26. The molecule has 5 heteroatoms. The Hall–Kier alpha value is -1.88. The van der Waals surface area contributed by atoms with Crippen molar-refractivity contribution in [2.24, 2.45) is 0 Å². The van der Waals surface area contributed by atoms with Crippen LogP contribution in [0, 0.1) is 0 Å². The third kappa shape index (κ3) is 5.12. The molecule has 92 valence electrons. The fraction of sp³-hybridized carbons (Fsp3) is 0.333. The number of carbonyl (C=O) groups is 2. The van der Waals surface area contributed by atoms with Gasteiger partial charge in [0.05, 0.1) is 0 Å². The van der Waals surface area contributed by atoms with E-state index in [1.807, 2.05) is 37.3 Å². The quantitative estimate of drug-likeness (QED) is 0.575. The summed E-state index contributed by atoms with van der Waals surface area (Å²) in [4.78, 5) is 27.0. The number of hydrazine groups is 1. The van der Waals surface area contributed by atoms with Gasteiger partial charge in [-0.15, -0.1) is 5.17 Å². The van der Waals surface area contributed by atoms with Crippen LogP contribution in [0.15, 0.2) is 30.3 Å². The molecule has 0 unspecified atom stereocenters. The van der Waals surface area contributed by atoms with Gasteiger partial charge in [0.25, 0.3) is 6.41 Å². The van der Waals surface area contributed by atoms with Crippen molar-refractivity contribution in [1.29, 1.82) is 0 Å². The summed E-state index contributed by atoms with van der Waals surface area (Å²) >= 11 is 0. The first-order valence-corrected chi connectivity index (χ1v) is 5.47. The minimum atomic E-state index is -0.243. The lowest BCUT2D eigenvalue weighted by Gasteiger charge is -2.17. The summed E-state index contributed by atoms with van der Waals surface area (Å²) in [6, 6.07) is 9.39. The van der Waals surface area contributed by atoms with E-state index in [1.165, 1.54) is 0 Å². The van der Waals surface area contributed by atoms with Crippen LogP contribution in [0.3, 0.4) is 0 Å². The molecular formula is C12H16N2O3. The molecule has 0 aliphatic heterocycles. The molecule has 17 heavy (non-hydrogen) atoms. The van der Waals surface area contributed by atoms with Gasteiger partial charge in [0.15, 0.2) is 0 Å². The van der Waals surface area contributed by atoms with E-state index >= 15 is 0 Å². The number of benzene rings is 1. The van der Waals surface area contributed by atoms with Crippen LogP contribution in [0.2, 0.25) is 0 Å². The largest absolute Gasteiger partial charge is 0.274 e. The number of nitrogens with zero attached hydrogens (tertiary/aromatic N) is 1. The van der Waals surface area contributed by atoms with Gasteiger partial charge in [0.2, 0.25) is 5.91 Å². The highest BCUT2D eigenvalue weighted by Crippen LogP contribution is 2.01. The number of nitrogens with one attached hydrogen (secondary N) is 1. The number of hydrogen-bond acceptors (Lipinski definition) is 3. The van der Waals surface area contributed by atoms with Gasteiger partial charge >= 0.3 is 0 Å². The summed E-state index contributed by atoms with van der Waals surface area (Å²) in [6.45, 7) is 2.11. The molecule has 0 saturated heterocycles. The summed E-state index contributed by atoms with van der Waals surface area (Å²) < 4.78 is 0. The Morgan fingerprint density at radius 1 is 1.41 bits per heavy atom. The smallest absolute Gasteiger partial charge is 0.254 e. The molecule has 1 rings (SSSR count). The second-order valence-corrected chi connectivity index (χ2v) is 3.48. The second kappa shape index (κ2) is 7.40. The van der Waals surface area contributed by atoms with Gasteiger partial charge in [-0.1, -0.05) is 37.3 Å². The van der Waals surface area contributed by atoms with E-state index in [2.05, 4.69) is 5.43 Å². The van der Waals surface area contributed by atoms with Crippen molar-refractivity contribution in [2.45, 2.75) is 26.4 Å². The van der Waals surface area contributed by atoms with Crippen molar-refractivity contribution < 1.29 is 14.4 Å². The molecule has 0 aliphatic rings. The highest BCUT2D eigenvalue weighted by Gasteiger charge is 2.06. The first-order valence-electron chi connectivity index (χ1n) is 5.47. The van der Waals surface area contributed by atoms with E-state index < -0.39 is 0 Å². The average molecular weight is 236 g/mol. The Balaban J connectivity index is 2.37. The minimum Gasteiger partial charge on any atom is -0.274 e. The normalized spacial score (nSPS) is 9.71. The van der Waals surface area contributed by atoms with E-state index in [1.54, 1.807) is 0 Å². The van der Waals surface area contributed by atoms with Crippen LogP contribution in [-0.4, -0.2) is 17.5 Å². The Kier molecular flexibility index (Phi) is 5.74. The fourth-order valence-electron chi connectivity index (χ4n) is 1.21. The summed E-state index contributed by atoms with van der Waals surface area (Å²) in [5.41, 5.74) is 3.26. The highest BCUT2D eigenvalue weighted by molar-refractivity contribution is 5.76. The fourth-order valence-corrected chi connectivity index (χ4v) is 1.21. The van der Waals surface area contributed by atoms with Gasteiger partial charge in [-0.05, 0) is 12.0 Å². The maximum absolute atomic E-state index is 11.2. The summed E-state index contributed by atoms with van der Waals surface area (Å²) in [5.74, 6) is -0.243. The zero-order chi connectivity index (χ0) is 12.5. The third-order valence-electron chi connectivity index (χ3n) is 2.02. The molecule has 0 atom stereocenters. The van der Waals surface area contributed by atoms with Crippen molar-refractivity contribution in [3.63, 3.8) is 0 Å². The summed E-state index contributed by atoms with van der Waals surface area (Å²) in [6.07, 6.45) is 1.51. The molecule has 5 nitrogen and oxygen atoms in total. The number of carbonyl (C=O) groups excluding carboxylic acids is 2. The zero-order valence-corrected chi connectivity index (χ0v) is 9.76. The topological polar surface area (TPSA) is 58.6 Å². The number of amides is 2. The number of hydrogen-bond donors (Lipinski definition) is 1. The van der Waals surface area contributed by atoms with Crippen LogP contribution in [0.25, 0.3) is 0 Å². The van der Waals surface area contributed by atoms with Crippen molar-refractivity contribution in [1.82, 2.24) is 10.6 Å². The second-order valence-electron chi connectivity index (χ2n) is 3.48. The van der Waals surface area contributed by atoms with E-state index in [0.717, 1.165) is 17.2 Å². The number of rotatable bonds is 7. The predicted molar refractivity (Wildman–Crippen MR) is 62.2 cm³/mol. The zero-order valence-electron chi connectivity index (χ0n) is 9.76. The Morgan fingerprint density at radius 3 is 2.71 bits per heavy atom. The van der Waals surface area contributed by atoms with E-state index in [9.17, 15) is 9.59 Å². The predicted octanol–water partition coefficient (Wildman–Crippen LogP) is 1.41. The Bertz CT molecular complexity index is 354. The monoisotopic (exact) mass is 236 g/mol. The molecule has 2 amide bonds. The van der Waals surface area contributed by atoms with Crippen molar-refractivity contribution in [3.8, 4) is 0 Å². The molecule has 0 bridgehead atoms. The van der Waals surface area contributed by atoms with Crippen LogP contribution in [-0.2, 0) is 21.0 Å². The first kappa shape index (κ1) is 13.2. The molecule has 1 aromatic rings. The van der Waals surface area contributed by atoms with E-state index in [0.29, 0.717) is 12.8 Å². The SMILES string of the molecule is CCCC(=O)NN(C=O)OCc1ccccc1. The molecule has 0 aromatic heterocycles. The minimum absolute atomic E-state index is 0.228. The lowest BCUT2D eigenvalue weighted by Crippen LogP contribution is -2.40. The van der Waals surface area contributed by atoms with Gasteiger partial charge < -0.3 is 0 Å². The standard InChI is InChI=1S/C12H16N2O3/c1-2-6-12(16)13-14(10-15)17-9-11-7-4-3-5-8-11/h3-5,7-8,10H,2,6,9H2,1H3,(H,13,16). The van der Waals surface area contributed by atoms with Crippen LogP contribution in [0.1, 0.15) is 25.3 Å². The lowest BCUT2D eigenvalue weighted by molar-refractivity contribution is -0.200. The molecule has 0 radical (unpaired) electrons. The van der Waals surface area contributed by atoms with Crippen LogP contribution < -0.4 is 5.43 Å². The summed E-state index contributed by atoms with van der Waals surface area (Å²) in [5, 5.41) is 0.797. The molecule has 0 heterocycles. The van der Waals surface area contributed by atoms with Crippen LogP contribution in [0.4, 0.5) is 0 Å². The van der Waals surface area contributed by atoms with E-state index in [-0.39, 0.29) is 12.5 Å². The van der Waals surface area contributed by atoms with Gasteiger partial charge in [0.1, 0.15) is 6.61 Å². The van der Waals surface area contributed by atoms with Gasteiger partial charge in [0, 0.05) is 6.42 Å². The van der Waals surface area contributed by atoms with Crippen LogP contribution >= 0.6 is 0 Å². The van der Waals surface area contributed by atoms with Gasteiger partial charge in [-0.3, -0.25) is 9.59 Å². The lowest BCUT2D eigenvalue weighted by atomic mass is 10.2. The summed E-state index contributed by atoms with van der Waals surface area (Å²) in [7, 11) is 0. The van der Waals surface area contributed by atoms with Crippen molar-refractivity contribution in [3.05, 3.63) is 35.9 Å². The average Bonchev–Trinajstić information content (AvgIpc) is 2.36. The van der Waals surface area contributed by atoms with E-state index in [4.69, 9.17) is 4.84 Å². The van der Waals surface area contributed by atoms with Crippen molar-refractivity contribution in [2.75, 3.05) is 0 Å². The molecular weight excluding hydrogens is 220 g/mol. The molecule has 1 aromatic carbocycles. The molecule has 0 spiro atoms. The Morgan fingerprint density at radius 2 is 2.12 bits per heavy atom. The van der Waals surface area contributed by atoms with Crippen molar-refractivity contribution >= 4 is 12.3 Å². The van der Waals surface area contributed by atoms with Gasteiger partial charge in [-0.25, -0.2) is 10.3 Å². The maximum atomic E-state index is 11.2. The molecule has 0 saturated carbocycles. The molecule has 0 aliphatic carbocycles. The highest BCUT2D eigenvalue weighted by atomic mass is 16.7.